The van der Waals surface area contributed by atoms with E-state index in [0.29, 0.717) is 29.2 Å². The SMILES string of the molecule is CCCNC(=O)[C@@H](C)NC(=O)COC(=O)C1c2ccccc2Oc2ccccc21. The van der Waals surface area contributed by atoms with Crippen molar-refractivity contribution in [2.75, 3.05) is 13.2 Å². The van der Waals surface area contributed by atoms with Crippen LogP contribution in [-0.2, 0) is 19.1 Å². The number of para-hydroxylation sites is 2. The van der Waals surface area contributed by atoms with E-state index in [2.05, 4.69) is 10.6 Å². The van der Waals surface area contributed by atoms with Crippen LogP contribution in [0.15, 0.2) is 48.5 Å². The molecule has 0 unspecified atom stereocenters. The zero-order valence-corrected chi connectivity index (χ0v) is 16.4. The standard InChI is InChI=1S/C22H24N2O5/c1-3-12-23-21(26)14(2)24-19(25)13-28-22(27)20-15-8-4-6-10-17(15)29-18-11-7-5-9-16(18)20/h4-11,14,20H,3,12-13H2,1-2H3,(H,23,26)(H,24,25)/t14-/m1/s1. The van der Waals surface area contributed by atoms with Gasteiger partial charge in [-0.25, -0.2) is 0 Å². The van der Waals surface area contributed by atoms with Gasteiger partial charge in [0.1, 0.15) is 23.5 Å². The number of carbonyl (C=O) groups excluding carboxylic acids is 3. The molecular formula is C22H24N2O5. The van der Waals surface area contributed by atoms with Crippen molar-refractivity contribution in [2.24, 2.45) is 0 Å². The first kappa shape index (κ1) is 20.4. The van der Waals surface area contributed by atoms with E-state index in [1.54, 1.807) is 31.2 Å². The molecule has 1 atom stereocenters. The van der Waals surface area contributed by atoms with Crippen LogP contribution < -0.4 is 15.4 Å². The predicted molar refractivity (Wildman–Crippen MR) is 107 cm³/mol. The summed E-state index contributed by atoms with van der Waals surface area (Å²) in [6.45, 7) is 3.59. The Kier molecular flexibility index (Phi) is 6.49. The Morgan fingerprint density at radius 2 is 1.62 bits per heavy atom. The first-order chi connectivity index (χ1) is 14.0. The van der Waals surface area contributed by atoms with Crippen LogP contribution in [-0.4, -0.2) is 37.0 Å². The summed E-state index contributed by atoms with van der Waals surface area (Å²) in [7, 11) is 0. The molecule has 7 nitrogen and oxygen atoms in total. The Labute approximate surface area is 169 Å². The second-order valence-electron chi connectivity index (χ2n) is 6.80. The molecule has 1 heterocycles. The van der Waals surface area contributed by atoms with Gasteiger partial charge >= 0.3 is 5.97 Å². The molecule has 0 bridgehead atoms. The van der Waals surface area contributed by atoms with E-state index in [0.717, 1.165) is 6.42 Å². The van der Waals surface area contributed by atoms with Crippen molar-refractivity contribution < 1.29 is 23.9 Å². The molecule has 2 amide bonds. The fraction of sp³-hybridized carbons (Fsp3) is 0.318. The molecule has 7 heteroatoms. The minimum atomic E-state index is -0.711. The lowest BCUT2D eigenvalue weighted by Crippen LogP contribution is -2.46. The van der Waals surface area contributed by atoms with Crippen LogP contribution in [0.5, 0.6) is 11.5 Å². The van der Waals surface area contributed by atoms with Crippen LogP contribution in [0.2, 0.25) is 0 Å². The number of hydrogen-bond acceptors (Lipinski definition) is 5. The maximum Gasteiger partial charge on any atom is 0.318 e. The molecule has 152 valence electrons. The largest absolute Gasteiger partial charge is 0.457 e. The Morgan fingerprint density at radius 1 is 1.03 bits per heavy atom. The van der Waals surface area contributed by atoms with Gasteiger partial charge in [0.25, 0.3) is 5.91 Å². The second kappa shape index (κ2) is 9.23. The third-order valence-corrected chi connectivity index (χ3v) is 4.58. The molecule has 0 saturated heterocycles. The summed E-state index contributed by atoms with van der Waals surface area (Å²) >= 11 is 0. The van der Waals surface area contributed by atoms with E-state index in [9.17, 15) is 14.4 Å². The van der Waals surface area contributed by atoms with Crippen molar-refractivity contribution >= 4 is 17.8 Å². The number of carbonyl (C=O) groups is 3. The quantitative estimate of drug-likeness (QED) is 0.702. The minimum Gasteiger partial charge on any atom is -0.457 e. The summed E-state index contributed by atoms with van der Waals surface area (Å²) in [4.78, 5) is 36.8. The molecule has 0 aliphatic carbocycles. The van der Waals surface area contributed by atoms with Crippen molar-refractivity contribution in [1.82, 2.24) is 10.6 Å². The van der Waals surface area contributed by atoms with Crippen LogP contribution >= 0.6 is 0 Å². The highest BCUT2D eigenvalue weighted by Gasteiger charge is 2.34. The molecule has 2 aromatic rings. The first-order valence-electron chi connectivity index (χ1n) is 9.60. The fourth-order valence-electron chi connectivity index (χ4n) is 3.13. The topological polar surface area (TPSA) is 93.7 Å². The van der Waals surface area contributed by atoms with E-state index in [1.165, 1.54) is 0 Å². The van der Waals surface area contributed by atoms with Gasteiger partial charge in [-0.2, -0.15) is 0 Å². The minimum absolute atomic E-state index is 0.279. The average Bonchev–Trinajstić information content (AvgIpc) is 2.73. The van der Waals surface area contributed by atoms with E-state index in [-0.39, 0.29) is 5.91 Å². The predicted octanol–water partition coefficient (Wildman–Crippen LogP) is 2.50. The number of amides is 2. The lowest BCUT2D eigenvalue weighted by Gasteiger charge is -2.26. The lowest BCUT2D eigenvalue weighted by atomic mass is 9.88. The Morgan fingerprint density at radius 3 is 2.21 bits per heavy atom. The van der Waals surface area contributed by atoms with Crippen molar-refractivity contribution in [3.63, 3.8) is 0 Å². The summed E-state index contributed by atoms with van der Waals surface area (Å²) in [5.74, 6) is -0.886. The summed E-state index contributed by atoms with van der Waals surface area (Å²) in [5.41, 5.74) is 1.37. The highest BCUT2D eigenvalue weighted by atomic mass is 16.5. The number of fused-ring (bicyclic) bond motifs is 2. The monoisotopic (exact) mass is 396 g/mol. The van der Waals surface area contributed by atoms with Crippen LogP contribution in [0.4, 0.5) is 0 Å². The normalized spacial score (nSPS) is 13.3. The molecule has 2 aromatic carbocycles. The van der Waals surface area contributed by atoms with Crippen molar-refractivity contribution in [3.8, 4) is 11.5 Å². The van der Waals surface area contributed by atoms with E-state index in [1.807, 2.05) is 31.2 Å². The van der Waals surface area contributed by atoms with Crippen molar-refractivity contribution in [3.05, 3.63) is 59.7 Å². The van der Waals surface area contributed by atoms with Crippen LogP contribution in [0, 0.1) is 0 Å². The van der Waals surface area contributed by atoms with Gasteiger partial charge in [0.15, 0.2) is 6.61 Å². The smallest absolute Gasteiger partial charge is 0.318 e. The van der Waals surface area contributed by atoms with Crippen LogP contribution in [0.25, 0.3) is 0 Å². The van der Waals surface area contributed by atoms with Gasteiger partial charge in [0.05, 0.1) is 0 Å². The second-order valence-corrected chi connectivity index (χ2v) is 6.80. The maximum atomic E-state index is 12.9. The third kappa shape index (κ3) is 4.74. The highest BCUT2D eigenvalue weighted by molar-refractivity contribution is 5.90. The molecule has 0 aromatic heterocycles. The van der Waals surface area contributed by atoms with Gasteiger partial charge in [0.2, 0.25) is 5.91 Å². The fourth-order valence-corrected chi connectivity index (χ4v) is 3.13. The zero-order valence-electron chi connectivity index (χ0n) is 16.4. The maximum absolute atomic E-state index is 12.9. The summed E-state index contributed by atoms with van der Waals surface area (Å²) in [6, 6.07) is 13.8. The molecule has 1 aliphatic rings. The van der Waals surface area contributed by atoms with Gasteiger partial charge in [-0.1, -0.05) is 43.3 Å². The van der Waals surface area contributed by atoms with Gasteiger partial charge in [0, 0.05) is 17.7 Å². The number of hydrogen-bond donors (Lipinski definition) is 2. The highest BCUT2D eigenvalue weighted by Crippen LogP contribution is 2.44. The molecule has 29 heavy (non-hydrogen) atoms. The van der Waals surface area contributed by atoms with E-state index in [4.69, 9.17) is 9.47 Å². The number of nitrogens with one attached hydrogen (secondary N) is 2. The molecule has 3 rings (SSSR count). The molecule has 0 fully saturated rings. The Hall–Kier alpha value is -3.35. The molecule has 0 radical (unpaired) electrons. The molecular weight excluding hydrogens is 372 g/mol. The third-order valence-electron chi connectivity index (χ3n) is 4.58. The number of benzene rings is 2. The lowest BCUT2D eigenvalue weighted by molar-refractivity contribution is -0.149. The first-order valence-corrected chi connectivity index (χ1v) is 9.60. The van der Waals surface area contributed by atoms with Crippen LogP contribution in [0.3, 0.4) is 0 Å². The number of esters is 1. The molecule has 0 saturated carbocycles. The molecule has 2 N–H and O–H groups in total. The Bertz CT molecular complexity index is 866. The zero-order chi connectivity index (χ0) is 20.8. The van der Waals surface area contributed by atoms with Gasteiger partial charge < -0.3 is 20.1 Å². The van der Waals surface area contributed by atoms with E-state index < -0.39 is 30.4 Å². The van der Waals surface area contributed by atoms with Crippen molar-refractivity contribution in [2.45, 2.75) is 32.2 Å². The van der Waals surface area contributed by atoms with E-state index >= 15 is 0 Å². The Balaban J connectivity index is 1.65. The van der Waals surface area contributed by atoms with Gasteiger partial charge in [-0.15, -0.1) is 0 Å². The van der Waals surface area contributed by atoms with Crippen LogP contribution in [0.1, 0.15) is 37.3 Å². The molecule has 1 aliphatic heterocycles. The molecule has 0 spiro atoms. The number of ether oxygens (including phenoxy) is 2. The van der Waals surface area contributed by atoms with Gasteiger partial charge in [-0.3, -0.25) is 14.4 Å². The summed E-state index contributed by atoms with van der Waals surface area (Å²) in [5, 5.41) is 5.23. The number of rotatable bonds is 7. The summed E-state index contributed by atoms with van der Waals surface area (Å²) in [6.07, 6.45) is 0.804. The van der Waals surface area contributed by atoms with Gasteiger partial charge in [-0.05, 0) is 25.5 Å². The van der Waals surface area contributed by atoms with Crippen molar-refractivity contribution in [1.29, 1.82) is 0 Å². The summed E-state index contributed by atoms with van der Waals surface area (Å²) < 4.78 is 11.1. The average molecular weight is 396 g/mol.